The first kappa shape index (κ1) is 16.5. The van der Waals surface area contributed by atoms with Gasteiger partial charge in [-0.3, -0.25) is 9.89 Å². The molecule has 1 aromatic heterocycles. The highest BCUT2D eigenvalue weighted by Crippen LogP contribution is 2.26. The number of nitrogens with zero attached hydrogens (tertiary/aromatic N) is 1. The Morgan fingerprint density at radius 1 is 1.12 bits per heavy atom. The number of carbonyl (C=O) groups excluding carboxylic acids is 1. The number of hydrogen-bond acceptors (Lipinski definition) is 2. The van der Waals surface area contributed by atoms with Gasteiger partial charge in [-0.2, -0.15) is 5.10 Å². The first-order valence-electron chi connectivity index (χ1n) is 7.07. The zero-order chi connectivity index (χ0) is 17.1. The third-order valence-corrected chi connectivity index (χ3v) is 4.11. The van der Waals surface area contributed by atoms with Crippen LogP contribution < -0.4 is 5.32 Å². The molecule has 0 saturated heterocycles. The Hall–Kier alpha value is -2.37. The van der Waals surface area contributed by atoms with Crippen LogP contribution in [0.25, 0.3) is 11.3 Å². The predicted octanol–water partition coefficient (Wildman–Crippen LogP) is 4.45. The molecule has 0 saturated carbocycles. The predicted molar refractivity (Wildman–Crippen MR) is 91.6 cm³/mol. The van der Waals surface area contributed by atoms with Crippen LogP contribution in [0.3, 0.4) is 0 Å². The average Bonchev–Trinajstić information content (AvgIpc) is 3.04. The number of halogens is 3. The number of hydrogen-bond donors (Lipinski definition) is 2. The Balaban J connectivity index is 1.71. The van der Waals surface area contributed by atoms with E-state index in [1.807, 2.05) is 18.2 Å². The summed E-state index contributed by atoms with van der Waals surface area (Å²) in [4.78, 5) is 12.2. The lowest BCUT2D eigenvalue weighted by Gasteiger charge is -2.05. The van der Waals surface area contributed by atoms with Crippen molar-refractivity contribution in [3.05, 3.63) is 75.7 Å². The number of carbonyl (C=O) groups is 1. The molecule has 0 atom stereocenters. The van der Waals surface area contributed by atoms with Gasteiger partial charge in [0.2, 0.25) is 0 Å². The molecule has 0 fully saturated rings. The second-order valence-corrected chi connectivity index (χ2v) is 5.88. The molecule has 2 N–H and O–H groups in total. The SMILES string of the molecule is O=C(NCc1ccc(F)cc1Cl)c1cc(-c2ccccc2Cl)n[nH]1. The van der Waals surface area contributed by atoms with Crippen molar-refractivity contribution >= 4 is 29.1 Å². The van der Waals surface area contributed by atoms with Crippen molar-refractivity contribution in [1.82, 2.24) is 15.5 Å². The van der Waals surface area contributed by atoms with Gasteiger partial charge in [0.25, 0.3) is 5.91 Å². The molecule has 0 aliphatic rings. The summed E-state index contributed by atoms with van der Waals surface area (Å²) in [5.74, 6) is -0.769. The highest BCUT2D eigenvalue weighted by molar-refractivity contribution is 6.33. The molecule has 0 aliphatic carbocycles. The number of benzene rings is 2. The smallest absolute Gasteiger partial charge is 0.269 e. The van der Waals surface area contributed by atoms with E-state index in [0.717, 1.165) is 5.56 Å². The summed E-state index contributed by atoms with van der Waals surface area (Å²) in [6.45, 7) is 0.179. The van der Waals surface area contributed by atoms with Crippen LogP contribution in [0.15, 0.2) is 48.5 Å². The fraction of sp³-hybridized carbons (Fsp3) is 0.0588. The molecule has 2 aromatic carbocycles. The maximum atomic E-state index is 13.0. The molecule has 0 radical (unpaired) electrons. The van der Waals surface area contributed by atoms with Crippen molar-refractivity contribution in [3.8, 4) is 11.3 Å². The number of amides is 1. The summed E-state index contributed by atoms with van der Waals surface area (Å²) >= 11 is 12.1. The molecule has 1 amide bonds. The van der Waals surface area contributed by atoms with Gasteiger partial charge in [-0.05, 0) is 29.8 Å². The fourth-order valence-corrected chi connectivity index (χ4v) is 2.65. The van der Waals surface area contributed by atoms with Crippen LogP contribution in [-0.2, 0) is 6.54 Å². The molecule has 122 valence electrons. The van der Waals surface area contributed by atoms with Gasteiger partial charge in [-0.1, -0.05) is 47.5 Å². The average molecular weight is 364 g/mol. The van der Waals surface area contributed by atoms with Crippen molar-refractivity contribution in [3.63, 3.8) is 0 Å². The lowest BCUT2D eigenvalue weighted by atomic mass is 10.1. The highest BCUT2D eigenvalue weighted by atomic mass is 35.5. The number of aromatic amines is 1. The lowest BCUT2D eigenvalue weighted by molar-refractivity contribution is 0.0946. The third kappa shape index (κ3) is 3.58. The van der Waals surface area contributed by atoms with Crippen LogP contribution in [0, 0.1) is 5.82 Å². The minimum atomic E-state index is -0.423. The number of H-pyrrole nitrogens is 1. The largest absolute Gasteiger partial charge is 0.347 e. The Morgan fingerprint density at radius 3 is 2.67 bits per heavy atom. The number of nitrogens with one attached hydrogen (secondary N) is 2. The molecule has 0 spiro atoms. The van der Waals surface area contributed by atoms with Crippen LogP contribution in [0.5, 0.6) is 0 Å². The van der Waals surface area contributed by atoms with Crippen LogP contribution in [0.2, 0.25) is 10.0 Å². The Kier molecular flexibility index (Phi) is 4.83. The highest BCUT2D eigenvalue weighted by Gasteiger charge is 2.13. The van der Waals surface area contributed by atoms with E-state index >= 15 is 0 Å². The van der Waals surface area contributed by atoms with Crippen molar-refractivity contribution < 1.29 is 9.18 Å². The second kappa shape index (κ2) is 7.03. The maximum absolute atomic E-state index is 13.0. The van der Waals surface area contributed by atoms with E-state index < -0.39 is 5.82 Å². The minimum Gasteiger partial charge on any atom is -0.347 e. The molecule has 24 heavy (non-hydrogen) atoms. The number of aromatic nitrogens is 2. The van der Waals surface area contributed by atoms with E-state index in [4.69, 9.17) is 23.2 Å². The van der Waals surface area contributed by atoms with Gasteiger partial charge >= 0.3 is 0 Å². The van der Waals surface area contributed by atoms with Gasteiger partial charge < -0.3 is 5.32 Å². The topological polar surface area (TPSA) is 57.8 Å². The fourth-order valence-electron chi connectivity index (χ4n) is 2.18. The van der Waals surface area contributed by atoms with Crippen LogP contribution in [0.4, 0.5) is 4.39 Å². The van der Waals surface area contributed by atoms with E-state index in [0.29, 0.717) is 22.0 Å². The van der Waals surface area contributed by atoms with E-state index in [2.05, 4.69) is 15.5 Å². The Bertz CT molecular complexity index is 895. The summed E-state index contributed by atoms with van der Waals surface area (Å²) in [5, 5.41) is 10.3. The third-order valence-electron chi connectivity index (χ3n) is 3.43. The van der Waals surface area contributed by atoms with E-state index in [1.165, 1.54) is 18.2 Å². The summed E-state index contributed by atoms with van der Waals surface area (Å²) in [6, 6.07) is 12.9. The molecule has 3 aromatic rings. The molecule has 1 heterocycles. The van der Waals surface area contributed by atoms with Crippen molar-refractivity contribution in [2.75, 3.05) is 0 Å². The van der Waals surface area contributed by atoms with Crippen LogP contribution >= 0.6 is 23.2 Å². The van der Waals surface area contributed by atoms with Crippen molar-refractivity contribution in [2.45, 2.75) is 6.54 Å². The maximum Gasteiger partial charge on any atom is 0.269 e. The van der Waals surface area contributed by atoms with E-state index in [1.54, 1.807) is 12.1 Å². The molecular formula is C17H12Cl2FN3O. The first-order chi connectivity index (χ1) is 11.5. The second-order valence-electron chi connectivity index (χ2n) is 5.07. The standard InChI is InChI=1S/C17H12Cl2FN3O/c18-13-4-2-1-3-12(13)15-8-16(23-22-15)17(24)21-9-10-5-6-11(20)7-14(10)19/h1-8H,9H2,(H,21,24)(H,22,23). The summed E-state index contributed by atoms with van der Waals surface area (Å²) in [5.41, 5.74) is 2.22. The first-order valence-corrected chi connectivity index (χ1v) is 7.82. The van der Waals surface area contributed by atoms with Crippen LogP contribution in [0.1, 0.15) is 16.1 Å². The zero-order valence-electron chi connectivity index (χ0n) is 12.3. The zero-order valence-corrected chi connectivity index (χ0v) is 13.8. The van der Waals surface area contributed by atoms with E-state index in [9.17, 15) is 9.18 Å². The van der Waals surface area contributed by atoms with Crippen molar-refractivity contribution in [2.24, 2.45) is 0 Å². The monoisotopic (exact) mass is 363 g/mol. The molecular weight excluding hydrogens is 352 g/mol. The summed E-state index contributed by atoms with van der Waals surface area (Å²) < 4.78 is 13.0. The van der Waals surface area contributed by atoms with Gasteiger partial charge in [-0.15, -0.1) is 0 Å². The molecule has 0 aliphatic heterocycles. The van der Waals surface area contributed by atoms with Gasteiger partial charge in [0.15, 0.2) is 0 Å². The molecule has 7 heteroatoms. The summed E-state index contributed by atoms with van der Waals surface area (Å²) in [7, 11) is 0. The molecule has 0 unspecified atom stereocenters. The Morgan fingerprint density at radius 2 is 1.92 bits per heavy atom. The molecule has 0 bridgehead atoms. The number of rotatable bonds is 4. The van der Waals surface area contributed by atoms with Gasteiger partial charge in [0.1, 0.15) is 11.5 Å². The minimum absolute atomic E-state index is 0.179. The van der Waals surface area contributed by atoms with Gasteiger partial charge in [-0.25, -0.2) is 4.39 Å². The molecule has 4 nitrogen and oxygen atoms in total. The normalized spacial score (nSPS) is 10.6. The van der Waals surface area contributed by atoms with Gasteiger partial charge in [0.05, 0.1) is 10.7 Å². The van der Waals surface area contributed by atoms with E-state index in [-0.39, 0.29) is 17.5 Å². The van der Waals surface area contributed by atoms with Gasteiger partial charge in [0, 0.05) is 17.1 Å². The summed E-state index contributed by atoms with van der Waals surface area (Å²) in [6.07, 6.45) is 0. The Labute approximate surface area is 147 Å². The lowest BCUT2D eigenvalue weighted by Crippen LogP contribution is -2.23. The molecule has 3 rings (SSSR count). The quantitative estimate of drug-likeness (QED) is 0.719. The van der Waals surface area contributed by atoms with Crippen LogP contribution in [-0.4, -0.2) is 16.1 Å². The van der Waals surface area contributed by atoms with Crippen molar-refractivity contribution in [1.29, 1.82) is 0 Å².